The molecule has 3 rings (SSSR count). The average molecular weight is 391 g/mol. The second kappa shape index (κ2) is 7.88. The molecule has 0 aliphatic carbocycles. The summed E-state index contributed by atoms with van der Waals surface area (Å²) in [6, 6.07) is 11.1. The van der Waals surface area contributed by atoms with Crippen LogP contribution in [0.1, 0.15) is 27.2 Å². The van der Waals surface area contributed by atoms with Gasteiger partial charge >= 0.3 is 0 Å². The van der Waals surface area contributed by atoms with E-state index in [0.717, 1.165) is 16.8 Å². The molecule has 2 N–H and O–H groups in total. The van der Waals surface area contributed by atoms with Crippen LogP contribution in [0.5, 0.6) is 0 Å². The Morgan fingerprint density at radius 1 is 1.35 bits per heavy atom. The zero-order chi connectivity index (χ0) is 18.7. The Morgan fingerprint density at radius 3 is 2.69 bits per heavy atom. The first-order chi connectivity index (χ1) is 12.4. The van der Waals surface area contributed by atoms with E-state index in [-0.39, 0.29) is 12.0 Å². The molecule has 6 nitrogen and oxygen atoms in total. The van der Waals surface area contributed by atoms with Crippen LogP contribution < -0.4 is 5.32 Å². The molecule has 1 amide bonds. The van der Waals surface area contributed by atoms with Crippen molar-refractivity contribution in [3.63, 3.8) is 0 Å². The maximum Gasteiger partial charge on any atom is 0.261 e. The molecule has 1 atom stereocenters. The van der Waals surface area contributed by atoms with Gasteiger partial charge in [-0.05, 0) is 17.7 Å². The highest BCUT2D eigenvalue weighted by molar-refractivity contribution is 7.17. The first-order valence-electron chi connectivity index (χ1n) is 8.07. The zero-order valence-electron chi connectivity index (χ0n) is 14.5. The standard InChI is InChI=1S/C18H19ClN4O2S/c1-23(2)17(20)12-5-3-11(4-6-12)14-9-13(25-22-14)10-21-18(24)15-7-8-16(19)26-15/h3-8,13,20H,9-10H2,1-2H3,(H,21,24). The third-order valence-corrected chi connectivity index (χ3v) is 5.19. The minimum atomic E-state index is -0.191. The fourth-order valence-electron chi connectivity index (χ4n) is 2.52. The first kappa shape index (κ1) is 18.4. The monoisotopic (exact) mass is 390 g/mol. The molecule has 8 heteroatoms. The first-order valence-corrected chi connectivity index (χ1v) is 9.26. The Labute approximate surface area is 160 Å². The molecule has 0 spiro atoms. The average Bonchev–Trinajstić information content (AvgIpc) is 3.28. The lowest BCUT2D eigenvalue weighted by Crippen LogP contribution is -2.31. The molecule has 1 unspecified atom stereocenters. The summed E-state index contributed by atoms with van der Waals surface area (Å²) >= 11 is 7.09. The van der Waals surface area contributed by atoms with Crippen molar-refractivity contribution in [2.75, 3.05) is 20.6 Å². The van der Waals surface area contributed by atoms with Crippen LogP contribution in [0.25, 0.3) is 0 Å². The van der Waals surface area contributed by atoms with E-state index in [0.29, 0.717) is 28.0 Å². The van der Waals surface area contributed by atoms with Crippen LogP contribution in [0.2, 0.25) is 4.34 Å². The van der Waals surface area contributed by atoms with Gasteiger partial charge in [-0.1, -0.05) is 41.0 Å². The highest BCUT2D eigenvalue weighted by atomic mass is 35.5. The lowest BCUT2D eigenvalue weighted by atomic mass is 10.0. The summed E-state index contributed by atoms with van der Waals surface area (Å²) in [6.07, 6.45) is 0.430. The normalized spacial score (nSPS) is 16.0. The van der Waals surface area contributed by atoms with Crippen LogP contribution in [0.15, 0.2) is 41.6 Å². The maximum absolute atomic E-state index is 12.0. The van der Waals surface area contributed by atoms with Crippen LogP contribution in [0, 0.1) is 5.41 Å². The third-order valence-electron chi connectivity index (χ3n) is 3.96. The molecule has 0 saturated heterocycles. The second-order valence-corrected chi connectivity index (χ2v) is 7.82. The van der Waals surface area contributed by atoms with Gasteiger partial charge in [-0.3, -0.25) is 10.2 Å². The van der Waals surface area contributed by atoms with Crippen molar-refractivity contribution < 1.29 is 9.63 Å². The maximum atomic E-state index is 12.0. The number of thiophene rings is 1. The summed E-state index contributed by atoms with van der Waals surface area (Å²) in [5.41, 5.74) is 2.64. The molecule has 0 radical (unpaired) electrons. The van der Waals surface area contributed by atoms with Crippen molar-refractivity contribution in [1.82, 2.24) is 10.2 Å². The molecule has 1 aliphatic heterocycles. The molecule has 0 saturated carbocycles. The number of hydrogen-bond acceptors (Lipinski definition) is 5. The molecule has 0 fully saturated rings. The van der Waals surface area contributed by atoms with Crippen molar-refractivity contribution in [3.05, 3.63) is 56.7 Å². The summed E-state index contributed by atoms with van der Waals surface area (Å²) in [5.74, 6) is 0.293. The van der Waals surface area contributed by atoms with E-state index >= 15 is 0 Å². The number of carbonyl (C=O) groups is 1. The minimum absolute atomic E-state index is 0.162. The van der Waals surface area contributed by atoms with Crippen LogP contribution in [-0.2, 0) is 4.84 Å². The van der Waals surface area contributed by atoms with Crippen molar-refractivity contribution in [2.45, 2.75) is 12.5 Å². The molecule has 26 heavy (non-hydrogen) atoms. The van der Waals surface area contributed by atoms with Crippen LogP contribution in [-0.4, -0.2) is 49.1 Å². The van der Waals surface area contributed by atoms with E-state index in [2.05, 4.69) is 10.5 Å². The van der Waals surface area contributed by atoms with E-state index in [1.165, 1.54) is 11.3 Å². The summed E-state index contributed by atoms with van der Waals surface area (Å²) in [7, 11) is 3.68. The van der Waals surface area contributed by atoms with Gasteiger partial charge in [0.25, 0.3) is 5.91 Å². The van der Waals surface area contributed by atoms with E-state index in [4.69, 9.17) is 21.8 Å². The third kappa shape index (κ3) is 4.23. The highest BCUT2D eigenvalue weighted by Gasteiger charge is 2.23. The lowest BCUT2D eigenvalue weighted by Gasteiger charge is -2.13. The number of benzene rings is 1. The Bertz CT molecular complexity index is 845. The number of amides is 1. The van der Waals surface area contributed by atoms with Gasteiger partial charge in [-0.25, -0.2) is 0 Å². The lowest BCUT2D eigenvalue weighted by molar-refractivity contribution is 0.0755. The number of amidine groups is 1. The number of carbonyl (C=O) groups excluding carboxylic acids is 1. The molecular formula is C18H19ClN4O2S. The summed E-state index contributed by atoms with van der Waals surface area (Å²) in [5, 5.41) is 15.0. The van der Waals surface area contributed by atoms with Crippen molar-refractivity contribution >= 4 is 40.4 Å². The Balaban J connectivity index is 1.53. The highest BCUT2D eigenvalue weighted by Crippen LogP contribution is 2.21. The molecule has 1 aromatic heterocycles. The quantitative estimate of drug-likeness (QED) is 0.607. The van der Waals surface area contributed by atoms with Gasteiger partial charge in [0, 0.05) is 26.1 Å². The van der Waals surface area contributed by atoms with Gasteiger partial charge in [0.2, 0.25) is 0 Å². The molecular weight excluding hydrogens is 372 g/mol. The number of rotatable bonds is 5. The van der Waals surface area contributed by atoms with E-state index < -0.39 is 0 Å². The van der Waals surface area contributed by atoms with Crippen LogP contribution in [0.3, 0.4) is 0 Å². The number of halogens is 1. The van der Waals surface area contributed by atoms with Crippen LogP contribution in [0.4, 0.5) is 0 Å². The largest absolute Gasteiger partial charge is 0.390 e. The van der Waals surface area contributed by atoms with Gasteiger partial charge < -0.3 is 15.1 Å². The van der Waals surface area contributed by atoms with E-state index in [1.807, 2.05) is 38.4 Å². The van der Waals surface area contributed by atoms with Crippen molar-refractivity contribution in [3.8, 4) is 0 Å². The molecule has 136 valence electrons. The van der Waals surface area contributed by atoms with Gasteiger partial charge in [-0.2, -0.15) is 0 Å². The van der Waals surface area contributed by atoms with E-state index in [1.54, 1.807) is 17.0 Å². The number of nitrogens with zero attached hydrogens (tertiary/aromatic N) is 2. The molecule has 2 aromatic rings. The number of nitrogens with one attached hydrogen (secondary N) is 2. The SMILES string of the molecule is CN(C)C(=N)c1ccc(C2=NOC(CNC(=O)c3ccc(Cl)s3)C2)cc1. The van der Waals surface area contributed by atoms with Gasteiger partial charge in [-0.15, -0.1) is 11.3 Å². The molecule has 2 heterocycles. The Kier molecular flexibility index (Phi) is 5.58. The summed E-state index contributed by atoms with van der Waals surface area (Å²) < 4.78 is 0.587. The molecule has 0 bridgehead atoms. The number of hydrogen-bond donors (Lipinski definition) is 2. The van der Waals surface area contributed by atoms with Gasteiger partial charge in [0.05, 0.1) is 21.5 Å². The molecule has 1 aromatic carbocycles. The Morgan fingerprint density at radius 2 is 2.08 bits per heavy atom. The second-order valence-electron chi connectivity index (χ2n) is 6.10. The van der Waals surface area contributed by atoms with Crippen LogP contribution >= 0.6 is 22.9 Å². The minimum Gasteiger partial charge on any atom is -0.390 e. The zero-order valence-corrected chi connectivity index (χ0v) is 16.0. The van der Waals surface area contributed by atoms with Crippen molar-refractivity contribution in [1.29, 1.82) is 5.41 Å². The fraction of sp³-hybridized carbons (Fsp3) is 0.278. The van der Waals surface area contributed by atoms with E-state index in [9.17, 15) is 4.79 Å². The summed E-state index contributed by atoms with van der Waals surface area (Å²) in [4.78, 5) is 19.8. The van der Waals surface area contributed by atoms with Crippen molar-refractivity contribution in [2.24, 2.45) is 5.16 Å². The smallest absolute Gasteiger partial charge is 0.261 e. The fourth-order valence-corrected chi connectivity index (χ4v) is 3.48. The number of oxime groups is 1. The van der Waals surface area contributed by atoms with Gasteiger partial charge in [0.15, 0.2) is 0 Å². The Hall–Kier alpha value is -2.38. The van der Waals surface area contributed by atoms with Gasteiger partial charge in [0.1, 0.15) is 11.9 Å². The summed E-state index contributed by atoms with van der Waals surface area (Å²) in [6.45, 7) is 0.380. The topological polar surface area (TPSA) is 77.8 Å². The predicted molar refractivity (Wildman–Crippen MR) is 105 cm³/mol. The molecule has 1 aliphatic rings. The predicted octanol–water partition coefficient (Wildman–Crippen LogP) is 3.21.